The maximum atomic E-state index is 11.1. The van der Waals surface area contributed by atoms with E-state index in [4.69, 9.17) is 5.11 Å². The van der Waals surface area contributed by atoms with Gasteiger partial charge in [0.2, 0.25) is 0 Å². The van der Waals surface area contributed by atoms with E-state index in [9.17, 15) is 9.59 Å². The molecule has 0 bridgehead atoms. The van der Waals surface area contributed by atoms with Crippen LogP contribution in [0.25, 0.3) is 0 Å². The maximum absolute atomic E-state index is 11.1. The molecule has 0 saturated heterocycles. The molecule has 0 amide bonds. The summed E-state index contributed by atoms with van der Waals surface area (Å²) in [5, 5.41) is 8.40. The van der Waals surface area contributed by atoms with Crippen molar-refractivity contribution in [3.05, 3.63) is 0 Å². The van der Waals surface area contributed by atoms with E-state index in [1.165, 1.54) is 7.11 Å². The van der Waals surface area contributed by atoms with Crippen LogP contribution in [0, 0.1) is 5.92 Å². The summed E-state index contributed by atoms with van der Waals surface area (Å²) >= 11 is 0. The monoisotopic (exact) mass is 202 g/mol. The fourth-order valence-electron chi connectivity index (χ4n) is 1.32. The van der Waals surface area contributed by atoms with Crippen LogP contribution in [0.4, 0.5) is 0 Å². The highest BCUT2D eigenvalue weighted by Gasteiger charge is 2.15. The van der Waals surface area contributed by atoms with E-state index in [1.54, 1.807) is 0 Å². The summed E-state index contributed by atoms with van der Waals surface area (Å²) in [5.41, 5.74) is 0. The van der Waals surface area contributed by atoms with Gasteiger partial charge in [0, 0.05) is 6.42 Å². The van der Waals surface area contributed by atoms with Crippen LogP contribution < -0.4 is 0 Å². The number of unbranched alkanes of at least 4 members (excludes halogenated alkanes) is 1. The van der Waals surface area contributed by atoms with Crippen molar-refractivity contribution in [2.24, 2.45) is 5.92 Å². The Hall–Kier alpha value is -1.06. The number of carbonyl (C=O) groups excluding carboxylic acids is 1. The number of hydrogen-bond donors (Lipinski definition) is 1. The Labute approximate surface area is 84.3 Å². The van der Waals surface area contributed by atoms with Gasteiger partial charge in [0.1, 0.15) is 0 Å². The van der Waals surface area contributed by atoms with Gasteiger partial charge in [-0.25, -0.2) is 0 Å². The molecule has 14 heavy (non-hydrogen) atoms. The summed E-state index contributed by atoms with van der Waals surface area (Å²) < 4.78 is 4.63. The number of carboxylic acid groups (broad SMARTS) is 1. The Bertz CT molecular complexity index is 189. The lowest BCUT2D eigenvalue weighted by molar-refractivity contribution is -0.145. The SMILES string of the molecule is CCC(CCCCC(=O)O)C(=O)OC. The topological polar surface area (TPSA) is 63.6 Å². The van der Waals surface area contributed by atoms with Gasteiger partial charge in [-0.3, -0.25) is 9.59 Å². The molecule has 0 aliphatic carbocycles. The molecule has 1 atom stereocenters. The van der Waals surface area contributed by atoms with Gasteiger partial charge in [0.25, 0.3) is 0 Å². The molecule has 0 aromatic heterocycles. The van der Waals surface area contributed by atoms with Crippen molar-refractivity contribution in [3.8, 4) is 0 Å². The molecular formula is C10H18O4. The van der Waals surface area contributed by atoms with Crippen molar-refractivity contribution in [1.29, 1.82) is 0 Å². The first kappa shape index (κ1) is 12.9. The fraction of sp³-hybridized carbons (Fsp3) is 0.800. The molecule has 4 nitrogen and oxygen atoms in total. The fourth-order valence-corrected chi connectivity index (χ4v) is 1.32. The van der Waals surface area contributed by atoms with Gasteiger partial charge in [-0.05, 0) is 19.3 Å². The Morgan fingerprint density at radius 1 is 1.36 bits per heavy atom. The van der Waals surface area contributed by atoms with Crippen molar-refractivity contribution in [1.82, 2.24) is 0 Å². The zero-order chi connectivity index (χ0) is 11.0. The standard InChI is InChI=1S/C10H18O4/c1-3-8(10(13)14-2)6-4-5-7-9(11)12/h8H,3-7H2,1-2H3,(H,11,12). The number of hydrogen-bond acceptors (Lipinski definition) is 3. The maximum Gasteiger partial charge on any atom is 0.308 e. The lowest BCUT2D eigenvalue weighted by Gasteiger charge is -2.11. The molecule has 0 aromatic carbocycles. The van der Waals surface area contributed by atoms with Gasteiger partial charge in [0.05, 0.1) is 13.0 Å². The van der Waals surface area contributed by atoms with E-state index in [-0.39, 0.29) is 18.3 Å². The quantitative estimate of drug-likeness (QED) is 0.505. The minimum atomic E-state index is -0.781. The molecule has 0 heterocycles. The largest absolute Gasteiger partial charge is 0.481 e. The van der Waals surface area contributed by atoms with E-state index in [2.05, 4.69) is 4.74 Å². The second-order valence-corrected chi connectivity index (χ2v) is 3.27. The third-order valence-corrected chi connectivity index (χ3v) is 2.22. The van der Waals surface area contributed by atoms with Gasteiger partial charge in [0.15, 0.2) is 0 Å². The second-order valence-electron chi connectivity index (χ2n) is 3.27. The summed E-state index contributed by atoms with van der Waals surface area (Å²) in [4.78, 5) is 21.3. The molecule has 0 spiro atoms. The van der Waals surface area contributed by atoms with Crippen LogP contribution in [0.5, 0.6) is 0 Å². The van der Waals surface area contributed by atoms with Gasteiger partial charge < -0.3 is 9.84 Å². The number of ether oxygens (including phenoxy) is 1. The smallest absolute Gasteiger partial charge is 0.308 e. The number of esters is 1. The third kappa shape index (κ3) is 5.56. The van der Waals surface area contributed by atoms with E-state index in [1.807, 2.05) is 6.92 Å². The van der Waals surface area contributed by atoms with E-state index in [0.29, 0.717) is 6.42 Å². The number of aliphatic carboxylic acids is 1. The lowest BCUT2D eigenvalue weighted by atomic mass is 9.99. The molecule has 1 N–H and O–H groups in total. The number of carbonyl (C=O) groups is 2. The molecule has 0 aliphatic rings. The Morgan fingerprint density at radius 3 is 2.43 bits per heavy atom. The molecule has 1 unspecified atom stereocenters. The van der Waals surface area contributed by atoms with Crippen LogP contribution in [-0.2, 0) is 14.3 Å². The first-order valence-electron chi connectivity index (χ1n) is 4.91. The third-order valence-electron chi connectivity index (χ3n) is 2.22. The molecular weight excluding hydrogens is 184 g/mol. The first-order valence-corrected chi connectivity index (χ1v) is 4.91. The molecule has 0 radical (unpaired) electrons. The van der Waals surface area contributed by atoms with Crippen molar-refractivity contribution in [2.45, 2.75) is 39.0 Å². The van der Waals surface area contributed by atoms with Crippen molar-refractivity contribution in [3.63, 3.8) is 0 Å². The van der Waals surface area contributed by atoms with Crippen LogP contribution in [0.15, 0.2) is 0 Å². The van der Waals surface area contributed by atoms with Gasteiger partial charge in [-0.2, -0.15) is 0 Å². The number of carboxylic acids is 1. The van der Waals surface area contributed by atoms with E-state index < -0.39 is 5.97 Å². The van der Waals surface area contributed by atoms with Crippen LogP contribution in [0.1, 0.15) is 39.0 Å². The minimum absolute atomic E-state index is 0.0752. The van der Waals surface area contributed by atoms with Gasteiger partial charge in [-0.15, -0.1) is 0 Å². The lowest BCUT2D eigenvalue weighted by Crippen LogP contribution is -2.15. The number of methoxy groups -OCH3 is 1. The average molecular weight is 202 g/mol. The predicted octanol–water partition coefficient (Wildman–Crippen LogP) is 1.83. The average Bonchev–Trinajstić information content (AvgIpc) is 2.16. The number of rotatable bonds is 7. The van der Waals surface area contributed by atoms with Crippen LogP contribution in [0.3, 0.4) is 0 Å². The molecule has 0 aliphatic heterocycles. The highest BCUT2D eigenvalue weighted by Crippen LogP contribution is 2.14. The molecule has 0 fully saturated rings. The molecule has 0 saturated carbocycles. The summed E-state index contributed by atoms with van der Waals surface area (Å²) in [6.45, 7) is 1.93. The Balaban J connectivity index is 3.63. The van der Waals surface area contributed by atoms with Crippen LogP contribution >= 0.6 is 0 Å². The molecule has 0 rings (SSSR count). The summed E-state index contributed by atoms with van der Waals surface area (Å²) in [7, 11) is 1.38. The summed E-state index contributed by atoms with van der Waals surface area (Å²) in [6.07, 6.45) is 3.04. The summed E-state index contributed by atoms with van der Waals surface area (Å²) in [5.74, 6) is -1.05. The predicted molar refractivity (Wildman–Crippen MR) is 51.9 cm³/mol. The Kier molecular flexibility index (Phi) is 6.80. The normalized spacial score (nSPS) is 12.1. The van der Waals surface area contributed by atoms with Crippen LogP contribution in [0.2, 0.25) is 0 Å². The molecule has 82 valence electrons. The van der Waals surface area contributed by atoms with Gasteiger partial charge in [-0.1, -0.05) is 13.3 Å². The van der Waals surface area contributed by atoms with Crippen molar-refractivity contribution < 1.29 is 19.4 Å². The van der Waals surface area contributed by atoms with Crippen molar-refractivity contribution in [2.75, 3.05) is 7.11 Å². The zero-order valence-electron chi connectivity index (χ0n) is 8.78. The van der Waals surface area contributed by atoms with Crippen LogP contribution in [-0.4, -0.2) is 24.2 Å². The van der Waals surface area contributed by atoms with E-state index in [0.717, 1.165) is 19.3 Å². The second kappa shape index (κ2) is 7.35. The first-order chi connectivity index (χ1) is 6.61. The molecule has 0 aromatic rings. The molecule has 4 heteroatoms. The minimum Gasteiger partial charge on any atom is -0.481 e. The highest BCUT2D eigenvalue weighted by molar-refractivity contribution is 5.72. The zero-order valence-corrected chi connectivity index (χ0v) is 8.78. The Morgan fingerprint density at radius 2 is 2.00 bits per heavy atom. The highest BCUT2D eigenvalue weighted by atomic mass is 16.5. The summed E-state index contributed by atoms with van der Waals surface area (Å²) in [6, 6.07) is 0. The van der Waals surface area contributed by atoms with Gasteiger partial charge >= 0.3 is 11.9 Å². The van der Waals surface area contributed by atoms with Crippen molar-refractivity contribution >= 4 is 11.9 Å². The van der Waals surface area contributed by atoms with E-state index >= 15 is 0 Å².